The molecule has 53 heavy (non-hydrogen) atoms. The van der Waals surface area contributed by atoms with Gasteiger partial charge in [-0.2, -0.15) is 17.6 Å². The number of nitrogens with zero attached hydrogens (tertiary/aromatic N) is 4. The van der Waals surface area contributed by atoms with Crippen LogP contribution in [0.5, 0.6) is 0 Å². The van der Waals surface area contributed by atoms with Crippen LogP contribution < -0.4 is 15.1 Å². The highest BCUT2D eigenvalue weighted by atomic mass is 19.3. The minimum atomic E-state index is -3.23. The molecule has 0 aliphatic rings. The highest BCUT2D eigenvalue weighted by molar-refractivity contribution is 5.99. The largest absolute Gasteiger partial charge is 0.415 e. The number of para-hydroxylation sites is 2. The number of halogens is 6. The van der Waals surface area contributed by atoms with Crippen LogP contribution in [0.2, 0.25) is 0 Å². The van der Waals surface area contributed by atoms with Gasteiger partial charge in [0.1, 0.15) is 11.6 Å². The average molecular weight is 740 g/mol. The Morgan fingerprint density at radius 3 is 1.64 bits per heavy atom. The lowest BCUT2D eigenvalue weighted by molar-refractivity contribution is -0.131. The molecule has 5 aromatic rings. The number of Topliss-reactive ketones (excluding diaryl/α,β-unsaturated/α-hetero) is 1. The first-order chi connectivity index (χ1) is 25.2. The van der Waals surface area contributed by atoms with E-state index in [1.54, 1.807) is 59.9 Å². The lowest BCUT2D eigenvalue weighted by Crippen LogP contribution is -2.34. The van der Waals surface area contributed by atoms with Gasteiger partial charge in [0.2, 0.25) is 17.7 Å². The molecule has 5 rings (SSSR count). The summed E-state index contributed by atoms with van der Waals surface area (Å²) >= 11 is 0. The molecule has 1 N–H and O–H groups in total. The zero-order valence-electron chi connectivity index (χ0n) is 28.1. The Bertz CT molecular complexity index is 2050. The van der Waals surface area contributed by atoms with Crippen molar-refractivity contribution in [2.75, 3.05) is 16.3 Å². The van der Waals surface area contributed by atoms with Crippen LogP contribution in [0.4, 0.5) is 37.7 Å². The van der Waals surface area contributed by atoms with Crippen molar-refractivity contribution in [1.82, 2.24) is 15.5 Å². The van der Waals surface area contributed by atoms with Crippen LogP contribution >= 0.6 is 0 Å². The Morgan fingerprint density at radius 2 is 1.21 bits per heavy atom. The van der Waals surface area contributed by atoms with Gasteiger partial charge in [-0.25, -0.2) is 8.78 Å². The summed E-state index contributed by atoms with van der Waals surface area (Å²) in [5.41, 5.74) is 1.80. The smallest absolute Gasteiger partial charge is 0.315 e. The number of amides is 3. The van der Waals surface area contributed by atoms with Gasteiger partial charge in [-0.3, -0.25) is 19.2 Å². The van der Waals surface area contributed by atoms with Crippen LogP contribution in [0.1, 0.15) is 47.6 Å². The summed E-state index contributed by atoms with van der Waals surface area (Å²) in [6.45, 7) is 2.07. The van der Waals surface area contributed by atoms with Crippen LogP contribution in [0, 0.1) is 11.6 Å². The minimum Gasteiger partial charge on any atom is -0.415 e. The van der Waals surface area contributed by atoms with Gasteiger partial charge in [0, 0.05) is 47.5 Å². The normalized spacial score (nSPS) is 10.8. The average Bonchev–Trinajstić information content (AvgIpc) is 3.64. The van der Waals surface area contributed by atoms with Crippen molar-refractivity contribution in [3.05, 3.63) is 131 Å². The van der Waals surface area contributed by atoms with Crippen molar-refractivity contribution in [2.45, 2.75) is 39.8 Å². The van der Waals surface area contributed by atoms with Crippen LogP contribution in [-0.4, -0.2) is 46.7 Å². The molecule has 0 aliphatic carbocycles. The van der Waals surface area contributed by atoms with E-state index in [9.17, 15) is 45.5 Å². The maximum Gasteiger partial charge on any atom is 0.315 e. The second-order valence-corrected chi connectivity index (χ2v) is 11.2. The van der Waals surface area contributed by atoms with Gasteiger partial charge in [-0.1, -0.05) is 54.6 Å². The van der Waals surface area contributed by atoms with Gasteiger partial charge in [0.05, 0.1) is 19.6 Å². The Kier molecular flexibility index (Phi) is 13.6. The zero-order chi connectivity index (χ0) is 38.7. The van der Waals surface area contributed by atoms with E-state index in [1.807, 2.05) is 6.07 Å². The molecule has 4 aromatic carbocycles. The topological polar surface area (TPSA) is 126 Å². The molecule has 0 aliphatic heterocycles. The Morgan fingerprint density at radius 1 is 0.698 bits per heavy atom. The van der Waals surface area contributed by atoms with Crippen LogP contribution in [-0.2, 0) is 27.5 Å². The monoisotopic (exact) mass is 739 g/mol. The van der Waals surface area contributed by atoms with Gasteiger partial charge >= 0.3 is 12.9 Å². The van der Waals surface area contributed by atoms with Crippen LogP contribution in [0.25, 0.3) is 11.5 Å². The third-order valence-corrected chi connectivity index (χ3v) is 7.48. The first kappa shape index (κ1) is 39.5. The molecule has 1 aromatic heterocycles. The molecule has 0 saturated heterocycles. The molecule has 0 saturated carbocycles. The number of aromatic nitrogens is 2. The molecular weight excluding hydrogens is 708 g/mol. The van der Waals surface area contributed by atoms with E-state index in [2.05, 4.69) is 10.2 Å². The molecule has 0 fully saturated rings. The Hall–Kier alpha value is -6.32. The summed E-state index contributed by atoms with van der Waals surface area (Å²) in [5, 5.41) is 8.47. The highest BCUT2D eigenvalue weighted by Gasteiger charge is 2.21. The molecule has 0 radical (unpaired) electrons. The van der Waals surface area contributed by atoms with Gasteiger partial charge in [-0.05, 0) is 42.5 Å². The predicted molar refractivity (Wildman–Crippen MR) is 181 cm³/mol. The molecule has 276 valence electrons. The van der Waals surface area contributed by atoms with E-state index in [0.29, 0.717) is 11.4 Å². The van der Waals surface area contributed by atoms with E-state index >= 15 is 0 Å². The number of benzene rings is 4. The molecule has 10 nitrogen and oxygen atoms in total. The zero-order valence-corrected chi connectivity index (χ0v) is 28.1. The molecule has 3 amide bonds. The van der Waals surface area contributed by atoms with Crippen molar-refractivity contribution >= 4 is 34.9 Å². The second-order valence-electron chi connectivity index (χ2n) is 11.2. The lowest BCUT2D eigenvalue weighted by atomic mass is 10.1. The fraction of sp³-hybridized carbons (Fsp3) is 0.189. The maximum absolute atomic E-state index is 14.5. The molecule has 0 spiro atoms. The number of nitrogens with one attached hydrogen (secondary N) is 1. The van der Waals surface area contributed by atoms with Crippen molar-refractivity contribution in [3.63, 3.8) is 0 Å². The number of rotatable bonds is 12. The maximum atomic E-state index is 14.5. The second kappa shape index (κ2) is 18.3. The van der Waals surface area contributed by atoms with Crippen molar-refractivity contribution in [2.24, 2.45) is 0 Å². The van der Waals surface area contributed by atoms with E-state index < -0.39 is 48.6 Å². The first-order valence-corrected chi connectivity index (χ1v) is 15.7. The quantitative estimate of drug-likeness (QED) is 0.105. The fourth-order valence-corrected chi connectivity index (χ4v) is 4.77. The third-order valence-electron chi connectivity index (χ3n) is 7.48. The summed E-state index contributed by atoms with van der Waals surface area (Å²) in [6.07, 6.45) is -6.12. The Balaban J connectivity index is 0.000000237. The molecule has 0 atom stereocenters. The van der Waals surface area contributed by atoms with Crippen LogP contribution in [0.3, 0.4) is 0 Å². The number of hydrogen-bond acceptors (Lipinski definition) is 7. The van der Waals surface area contributed by atoms with E-state index in [4.69, 9.17) is 4.42 Å². The summed E-state index contributed by atoms with van der Waals surface area (Å²) in [6, 6.07) is 25.2. The summed E-state index contributed by atoms with van der Waals surface area (Å²) in [4.78, 5) is 49.3. The number of ketones is 1. The van der Waals surface area contributed by atoms with Gasteiger partial charge in [0.15, 0.2) is 5.78 Å². The third kappa shape index (κ3) is 10.8. The summed E-state index contributed by atoms with van der Waals surface area (Å²) in [5.74, 6) is -5.15. The molecule has 1 heterocycles. The lowest BCUT2D eigenvalue weighted by Gasteiger charge is -2.21. The highest BCUT2D eigenvalue weighted by Crippen LogP contribution is 2.26. The number of alkyl halides is 4. The van der Waals surface area contributed by atoms with Crippen molar-refractivity contribution < 1.29 is 49.9 Å². The molecule has 0 bridgehead atoms. The number of hydrogen-bond donors (Lipinski definition) is 1. The van der Waals surface area contributed by atoms with Gasteiger partial charge < -0.3 is 19.5 Å². The van der Waals surface area contributed by atoms with Crippen molar-refractivity contribution in [1.29, 1.82) is 0 Å². The molecular formula is C37H31F6N5O5. The fourth-order valence-electron chi connectivity index (χ4n) is 4.77. The number of carbonyl (C=O) groups is 4. The van der Waals surface area contributed by atoms with Gasteiger partial charge in [0.25, 0.3) is 11.8 Å². The predicted octanol–water partition coefficient (Wildman–Crippen LogP) is 7.31. The van der Waals surface area contributed by atoms with Crippen LogP contribution in [0.15, 0.2) is 101 Å². The van der Waals surface area contributed by atoms with E-state index in [-0.39, 0.29) is 53.0 Å². The van der Waals surface area contributed by atoms with E-state index in [1.165, 1.54) is 47.9 Å². The molecule has 16 heteroatoms. The SMILES string of the molecule is CC(=O)N(Cc1ccc(-c2nnc(C(F)F)o2)cc1F)c1ccccc1.CC(=O)N(Cc1ccc(C(=O)CNC(=O)C(F)F)cc1F)c1ccccc1. The van der Waals surface area contributed by atoms with Gasteiger partial charge in [-0.15, -0.1) is 10.2 Å². The van der Waals surface area contributed by atoms with Crippen molar-refractivity contribution in [3.8, 4) is 11.5 Å². The first-order valence-electron chi connectivity index (χ1n) is 15.7. The summed E-state index contributed by atoms with van der Waals surface area (Å²) in [7, 11) is 0. The molecule has 0 unspecified atom stereocenters. The minimum absolute atomic E-state index is 0.0254. The van der Waals surface area contributed by atoms with E-state index in [0.717, 1.165) is 12.1 Å². The number of anilines is 2. The Labute approximate surface area is 299 Å². The standard InChI is InChI=1S/C19H17F3N2O3.C18H14F3N3O2/c1-12(25)24(15-5-3-2-4-6-15)11-14-8-7-13(9-16(14)20)17(26)10-23-19(27)18(21)22;1-11(25)24(14-5-3-2-4-6-14)10-13-8-7-12(9-15(13)19)17-22-23-18(26-17)16(20)21/h2-9,18H,10-11H2,1H3,(H,23,27);2-9,16H,10H2,1H3. The summed E-state index contributed by atoms with van der Waals surface area (Å²) < 4.78 is 82.9. The number of carbonyl (C=O) groups excluding carboxylic acids is 4.